The van der Waals surface area contributed by atoms with E-state index in [1.165, 1.54) is 12.1 Å². The summed E-state index contributed by atoms with van der Waals surface area (Å²) in [5.41, 5.74) is -0.972. The van der Waals surface area contributed by atoms with E-state index >= 15 is 0 Å². The van der Waals surface area contributed by atoms with Crippen molar-refractivity contribution in [2.75, 3.05) is 13.1 Å². The maximum atomic E-state index is 12.7. The van der Waals surface area contributed by atoms with Crippen LogP contribution in [0.1, 0.15) is 16.1 Å². The molecule has 2 aromatic rings. The van der Waals surface area contributed by atoms with Gasteiger partial charge in [-0.3, -0.25) is 4.79 Å². The van der Waals surface area contributed by atoms with Crippen molar-refractivity contribution in [3.8, 4) is 17.8 Å². The first-order chi connectivity index (χ1) is 11.4. The highest BCUT2D eigenvalue weighted by molar-refractivity contribution is 5.92. The SMILES string of the molecule is N#CCN(CC#N)C(=O)c1cn(-c2cccc(C(F)(F)F)c2)nn1. The molecule has 1 amide bonds. The quantitative estimate of drug-likeness (QED) is 0.794. The molecule has 0 radical (unpaired) electrons. The number of rotatable bonds is 4. The summed E-state index contributed by atoms with van der Waals surface area (Å²) in [6.07, 6.45) is -3.37. The molecule has 0 bridgehead atoms. The van der Waals surface area contributed by atoms with Crippen LogP contribution in [0.3, 0.4) is 0 Å². The highest BCUT2D eigenvalue weighted by Crippen LogP contribution is 2.30. The van der Waals surface area contributed by atoms with E-state index in [2.05, 4.69) is 10.3 Å². The van der Waals surface area contributed by atoms with Crippen molar-refractivity contribution in [3.63, 3.8) is 0 Å². The largest absolute Gasteiger partial charge is 0.416 e. The molecular formula is C14H9F3N6O. The lowest BCUT2D eigenvalue weighted by Gasteiger charge is -2.13. The fraction of sp³-hybridized carbons (Fsp3) is 0.214. The summed E-state index contributed by atoms with van der Waals surface area (Å²) in [5.74, 6) is -0.712. The number of carbonyl (C=O) groups is 1. The van der Waals surface area contributed by atoms with Crippen LogP contribution in [0.2, 0.25) is 0 Å². The first-order valence-electron chi connectivity index (χ1n) is 6.50. The Morgan fingerprint density at radius 2 is 1.92 bits per heavy atom. The second-order valence-corrected chi connectivity index (χ2v) is 4.57. The van der Waals surface area contributed by atoms with Gasteiger partial charge in [0.25, 0.3) is 5.91 Å². The maximum absolute atomic E-state index is 12.7. The summed E-state index contributed by atoms with van der Waals surface area (Å²) < 4.78 is 39.2. The van der Waals surface area contributed by atoms with Crippen LogP contribution in [-0.2, 0) is 6.18 Å². The highest BCUT2D eigenvalue weighted by atomic mass is 19.4. The van der Waals surface area contributed by atoms with Gasteiger partial charge in [-0.1, -0.05) is 11.3 Å². The molecule has 0 saturated heterocycles. The highest BCUT2D eigenvalue weighted by Gasteiger charge is 2.30. The fourth-order valence-electron chi connectivity index (χ4n) is 1.84. The third-order valence-electron chi connectivity index (χ3n) is 2.96. The summed E-state index contributed by atoms with van der Waals surface area (Å²) in [6, 6.07) is 7.84. The van der Waals surface area contributed by atoms with Crippen molar-refractivity contribution < 1.29 is 18.0 Å². The molecule has 7 nitrogen and oxygen atoms in total. The molecule has 1 aromatic heterocycles. The molecular weight excluding hydrogens is 325 g/mol. The number of halogens is 3. The predicted molar refractivity (Wildman–Crippen MR) is 73.5 cm³/mol. The Morgan fingerprint density at radius 3 is 2.50 bits per heavy atom. The first kappa shape index (κ1) is 17.0. The van der Waals surface area contributed by atoms with Crippen LogP contribution in [0.15, 0.2) is 30.5 Å². The molecule has 0 aliphatic carbocycles. The molecule has 0 unspecified atom stereocenters. The lowest BCUT2D eigenvalue weighted by atomic mass is 10.2. The van der Waals surface area contributed by atoms with E-state index in [1.807, 2.05) is 0 Å². The van der Waals surface area contributed by atoms with Gasteiger partial charge >= 0.3 is 6.18 Å². The summed E-state index contributed by atoms with van der Waals surface area (Å²) in [6.45, 7) is -0.633. The zero-order chi connectivity index (χ0) is 17.7. The number of amides is 1. The minimum Gasteiger partial charge on any atom is -0.311 e. The molecule has 0 N–H and O–H groups in total. The van der Waals surface area contributed by atoms with Gasteiger partial charge in [-0.2, -0.15) is 23.7 Å². The summed E-state index contributed by atoms with van der Waals surface area (Å²) >= 11 is 0. The molecule has 0 aliphatic heterocycles. The summed E-state index contributed by atoms with van der Waals surface area (Å²) in [5, 5.41) is 24.5. The normalized spacial score (nSPS) is 10.7. The zero-order valence-corrected chi connectivity index (χ0v) is 12.0. The molecule has 2 rings (SSSR count). The van der Waals surface area contributed by atoms with Crippen molar-refractivity contribution in [3.05, 3.63) is 41.7 Å². The Morgan fingerprint density at radius 1 is 1.25 bits per heavy atom. The first-order valence-corrected chi connectivity index (χ1v) is 6.50. The number of benzene rings is 1. The van der Waals surface area contributed by atoms with Gasteiger partial charge in [-0.25, -0.2) is 4.68 Å². The lowest BCUT2D eigenvalue weighted by Crippen LogP contribution is -2.32. The smallest absolute Gasteiger partial charge is 0.311 e. The van der Waals surface area contributed by atoms with Gasteiger partial charge < -0.3 is 4.90 Å². The van der Waals surface area contributed by atoms with Gasteiger partial charge in [0.1, 0.15) is 13.1 Å². The van der Waals surface area contributed by atoms with E-state index in [-0.39, 0.29) is 24.5 Å². The fourth-order valence-corrected chi connectivity index (χ4v) is 1.84. The predicted octanol–water partition coefficient (Wildman–Crippen LogP) is 1.78. The third-order valence-corrected chi connectivity index (χ3v) is 2.96. The van der Waals surface area contributed by atoms with E-state index < -0.39 is 17.6 Å². The zero-order valence-electron chi connectivity index (χ0n) is 12.0. The molecule has 10 heteroatoms. The lowest BCUT2D eigenvalue weighted by molar-refractivity contribution is -0.137. The van der Waals surface area contributed by atoms with E-state index in [4.69, 9.17) is 10.5 Å². The van der Waals surface area contributed by atoms with Crippen LogP contribution < -0.4 is 0 Å². The topological polar surface area (TPSA) is 98.6 Å². The molecule has 0 aliphatic rings. The third kappa shape index (κ3) is 3.67. The Labute approximate surface area is 134 Å². The van der Waals surface area contributed by atoms with Crippen LogP contribution in [0, 0.1) is 22.7 Å². The Bertz CT molecular complexity index is 814. The van der Waals surface area contributed by atoms with Gasteiger partial charge in [-0.05, 0) is 18.2 Å². The van der Waals surface area contributed by atoms with Crippen LogP contribution in [-0.4, -0.2) is 38.9 Å². The van der Waals surface area contributed by atoms with Crippen LogP contribution in [0.4, 0.5) is 13.2 Å². The maximum Gasteiger partial charge on any atom is 0.416 e. The van der Waals surface area contributed by atoms with Crippen molar-refractivity contribution >= 4 is 5.91 Å². The Hall–Kier alpha value is -3.40. The minimum atomic E-state index is -4.51. The molecule has 1 heterocycles. The number of nitriles is 2. The van der Waals surface area contributed by atoms with Gasteiger partial charge in [0.15, 0.2) is 5.69 Å². The van der Waals surface area contributed by atoms with Crippen LogP contribution >= 0.6 is 0 Å². The van der Waals surface area contributed by atoms with E-state index in [0.717, 1.165) is 27.9 Å². The van der Waals surface area contributed by atoms with Crippen molar-refractivity contribution in [2.45, 2.75) is 6.18 Å². The molecule has 1 aromatic carbocycles. The van der Waals surface area contributed by atoms with Gasteiger partial charge in [0.05, 0.1) is 29.6 Å². The van der Waals surface area contributed by atoms with E-state index in [1.54, 1.807) is 12.1 Å². The van der Waals surface area contributed by atoms with Gasteiger partial charge in [0.2, 0.25) is 0 Å². The molecule has 0 atom stereocenters. The van der Waals surface area contributed by atoms with Crippen LogP contribution in [0.5, 0.6) is 0 Å². The number of hydrogen-bond acceptors (Lipinski definition) is 5. The van der Waals surface area contributed by atoms with Crippen molar-refractivity contribution in [1.82, 2.24) is 19.9 Å². The van der Waals surface area contributed by atoms with Crippen molar-refractivity contribution in [1.29, 1.82) is 10.5 Å². The second kappa shape index (κ2) is 6.79. The monoisotopic (exact) mass is 334 g/mol. The molecule has 122 valence electrons. The average molecular weight is 334 g/mol. The minimum absolute atomic E-state index is 0.0727. The van der Waals surface area contributed by atoms with E-state index in [9.17, 15) is 18.0 Å². The number of carbonyl (C=O) groups excluding carboxylic acids is 1. The molecule has 0 spiro atoms. The summed E-state index contributed by atoms with van der Waals surface area (Å²) in [7, 11) is 0. The second-order valence-electron chi connectivity index (χ2n) is 4.57. The number of alkyl halides is 3. The summed E-state index contributed by atoms with van der Waals surface area (Å²) in [4.78, 5) is 13.1. The standard InChI is InChI=1S/C14H9F3N6O/c15-14(16,17)10-2-1-3-11(8-10)23-9-12(20-21-23)13(24)22(6-4-18)7-5-19/h1-3,8-9H,6-7H2. The Balaban J connectivity index is 2.30. The van der Waals surface area contributed by atoms with Crippen molar-refractivity contribution in [2.24, 2.45) is 0 Å². The Kier molecular flexibility index (Phi) is 4.80. The number of nitrogens with zero attached hydrogens (tertiary/aromatic N) is 6. The van der Waals surface area contributed by atoms with Gasteiger partial charge in [-0.15, -0.1) is 5.10 Å². The van der Waals surface area contributed by atoms with Crippen LogP contribution in [0.25, 0.3) is 5.69 Å². The average Bonchev–Trinajstić information content (AvgIpc) is 3.03. The molecule has 24 heavy (non-hydrogen) atoms. The molecule has 0 fully saturated rings. The number of hydrogen-bond donors (Lipinski definition) is 0. The van der Waals surface area contributed by atoms with E-state index in [0.29, 0.717) is 0 Å². The number of aromatic nitrogens is 3. The van der Waals surface area contributed by atoms with Gasteiger partial charge in [0, 0.05) is 0 Å². The molecule has 0 saturated carbocycles.